The molecule has 1 aliphatic heterocycles. The lowest BCUT2D eigenvalue weighted by Crippen LogP contribution is -2.30. The van der Waals surface area contributed by atoms with E-state index in [1.807, 2.05) is 26.0 Å². The molecule has 146 valence electrons. The van der Waals surface area contributed by atoms with Crippen LogP contribution in [0.2, 0.25) is 0 Å². The summed E-state index contributed by atoms with van der Waals surface area (Å²) in [7, 11) is 1.58. The van der Waals surface area contributed by atoms with Crippen LogP contribution in [-0.2, 0) is 11.2 Å². The molecule has 0 radical (unpaired) electrons. The number of methoxy groups -OCH3 is 1. The van der Waals surface area contributed by atoms with Crippen molar-refractivity contribution in [3.8, 4) is 11.5 Å². The molecule has 2 N–H and O–H groups in total. The molecule has 0 aliphatic carbocycles. The second kappa shape index (κ2) is 9.97. The van der Waals surface area contributed by atoms with Gasteiger partial charge in [0.25, 0.3) is 0 Å². The van der Waals surface area contributed by atoms with E-state index in [1.165, 1.54) is 16.7 Å². The number of carbonyl (C=O) groups excluding carboxylic acids is 1. The van der Waals surface area contributed by atoms with Crippen LogP contribution in [0.3, 0.4) is 0 Å². The predicted molar refractivity (Wildman–Crippen MR) is 108 cm³/mol. The third kappa shape index (κ3) is 5.23. The van der Waals surface area contributed by atoms with Crippen LogP contribution >= 0.6 is 0 Å². The van der Waals surface area contributed by atoms with Crippen LogP contribution in [0.15, 0.2) is 36.4 Å². The molecule has 1 unspecified atom stereocenters. The number of amides is 1. The van der Waals surface area contributed by atoms with Gasteiger partial charge in [-0.25, -0.2) is 0 Å². The fraction of sp³-hybridized carbons (Fsp3) is 0.409. The first kappa shape index (κ1) is 20.8. The van der Waals surface area contributed by atoms with Crippen LogP contribution < -0.4 is 10.1 Å². The Balaban J connectivity index is 0.000000321. The van der Waals surface area contributed by atoms with Crippen molar-refractivity contribution in [1.82, 2.24) is 10.2 Å². The molecule has 5 heteroatoms. The summed E-state index contributed by atoms with van der Waals surface area (Å²) in [5.74, 6) is 0.750. The maximum absolute atomic E-state index is 10.0. The van der Waals surface area contributed by atoms with E-state index in [2.05, 4.69) is 36.5 Å². The Bertz CT molecular complexity index is 740. The predicted octanol–water partition coefficient (Wildman–Crippen LogP) is 3.43. The summed E-state index contributed by atoms with van der Waals surface area (Å²) in [5, 5.41) is 13.5. The van der Waals surface area contributed by atoms with E-state index in [-0.39, 0.29) is 11.8 Å². The third-order valence-corrected chi connectivity index (χ3v) is 4.87. The largest absolute Gasteiger partial charge is 0.504 e. The average Bonchev–Trinajstić information content (AvgIpc) is 2.69. The monoisotopic (exact) mass is 370 g/mol. The number of nitrogens with one attached hydrogen (secondary N) is 1. The first-order valence-corrected chi connectivity index (χ1v) is 9.43. The number of phenolic OH excluding ortho intramolecular Hbond substituents is 1. The van der Waals surface area contributed by atoms with Gasteiger partial charge in [-0.1, -0.05) is 29.8 Å². The number of benzene rings is 2. The molecule has 27 heavy (non-hydrogen) atoms. The minimum Gasteiger partial charge on any atom is -0.504 e. The quantitative estimate of drug-likeness (QED) is 0.792. The van der Waals surface area contributed by atoms with E-state index in [0.29, 0.717) is 5.75 Å². The van der Waals surface area contributed by atoms with Gasteiger partial charge in [-0.15, -0.1) is 0 Å². The van der Waals surface area contributed by atoms with Crippen LogP contribution in [0.4, 0.5) is 0 Å². The molecule has 2 aromatic rings. The highest BCUT2D eigenvalue weighted by Crippen LogP contribution is 2.36. The van der Waals surface area contributed by atoms with Crippen molar-refractivity contribution in [3.63, 3.8) is 0 Å². The van der Waals surface area contributed by atoms with E-state index < -0.39 is 0 Å². The van der Waals surface area contributed by atoms with Crippen LogP contribution in [0.1, 0.15) is 42.1 Å². The number of hydrogen-bond acceptors (Lipinski definition) is 4. The molecule has 0 bridgehead atoms. The SMILES string of the molecule is CCN(C=O)CC.COc1cc2c(cc1O)C(c1ccc(C)cc1)NCC2. The molecule has 2 aromatic carbocycles. The molecule has 0 aromatic heterocycles. The summed E-state index contributed by atoms with van der Waals surface area (Å²) in [4.78, 5) is 11.6. The fourth-order valence-corrected chi connectivity index (χ4v) is 3.17. The lowest BCUT2D eigenvalue weighted by atomic mass is 9.89. The van der Waals surface area contributed by atoms with Crippen molar-refractivity contribution in [2.45, 2.75) is 33.2 Å². The van der Waals surface area contributed by atoms with Gasteiger partial charge < -0.3 is 20.1 Å². The second-order valence-electron chi connectivity index (χ2n) is 6.60. The smallest absolute Gasteiger partial charge is 0.209 e. The molecule has 3 rings (SSSR count). The zero-order valence-corrected chi connectivity index (χ0v) is 16.7. The topological polar surface area (TPSA) is 61.8 Å². The van der Waals surface area contributed by atoms with Crippen molar-refractivity contribution >= 4 is 6.41 Å². The maximum Gasteiger partial charge on any atom is 0.209 e. The number of nitrogens with zero attached hydrogens (tertiary/aromatic N) is 1. The molecule has 5 nitrogen and oxygen atoms in total. The summed E-state index contributed by atoms with van der Waals surface area (Å²) in [6.45, 7) is 8.57. The number of ether oxygens (including phenoxy) is 1. The summed E-state index contributed by atoms with van der Waals surface area (Å²) >= 11 is 0. The molecule has 0 spiro atoms. The van der Waals surface area contributed by atoms with Gasteiger partial charge in [-0.3, -0.25) is 4.79 Å². The number of phenols is 1. The molecule has 1 amide bonds. The molecule has 0 saturated carbocycles. The average molecular weight is 370 g/mol. The Morgan fingerprint density at radius 1 is 1.22 bits per heavy atom. The molecule has 1 heterocycles. The van der Waals surface area contributed by atoms with Crippen LogP contribution in [0.5, 0.6) is 11.5 Å². The van der Waals surface area contributed by atoms with Gasteiger partial charge in [0.05, 0.1) is 13.2 Å². The fourth-order valence-electron chi connectivity index (χ4n) is 3.17. The van der Waals surface area contributed by atoms with Gasteiger partial charge in [0.15, 0.2) is 11.5 Å². The Morgan fingerprint density at radius 2 is 1.89 bits per heavy atom. The van der Waals surface area contributed by atoms with Crippen LogP contribution in [0, 0.1) is 6.92 Å². The Hall–Kier alpha value is -2.53. The lowest BCUT2D eigenvalue weighted by molar-refractivity contribution is -0.117. The molecule has 1 aliphatic rings. The number of aryl methyl sites for hydroxylation is 1. The highest BCUT2D eigenvalue weighted by molar-refractivity contribution is 5.51. The zero-order valence-electron chi connectivity index (χ0n) is 16.7. The van der Waals surface area contributed by atoms with Gasteiger partial charge in [-0.05, 0) is 56.0 Å². The minimum absolute atomic E-state index is 0.135. The first-order chi connectivity index (χ1) is 13.0. The van der Waals surface area contributed by atoms with Crippen molar-refractivity contribution in [2.75, 3.05) is 26.7 Å². The van der Waals surface area contributed by atoms with E-state index in [4.69, 9.17) is 4.74 Å². The number of fused-ring (bicyclic) bond motifs is 1. The minimum atomic E-state index is 0.135. The Kier molecular flexibility index (Phi) is 7.67. The van der Waals surface area contributed by atoms with Crippen molar-refractivity contribution < 1.29 is 14.6 Å². The van der Waals surface area contributed by atoms with E-state index >= 15 is 0 Å². The standard InChI is InChI=1S/C17H19NO2.C5H11NO/c1-11-3-5-12(6-4-11)17-14-10-15(19)16(20-2)9-13(14)7-8-18-17;1-3-6(4-2)5-7/h3-6,9-10,17-19H,7-8H2,1-2H3;5H,3-4H2,1-2H3. The van der Waals surface area contributed by atoms with Gasteiger partial charge in [-0.2, -0.15) is 0 Å². The number of rotatable bonds is 5. The van der Waals surface area contributed by atoms with E-state index in [1.54, 1.807) is 12.0 Å². The summed E-state index contributed by atoms with van der Waals surface area (Å²) in [5.41, 5.74) is 4.85. The number of carbonyl (C=O) groups is 1. The van der Waals surface area contributed by atoms with E-state index in [0.717, 1.165) is 38.0 Å². The highest BCUT2D eigenvalue weighted by Gasteiger charge is 2.23. The molecule has 1 atom stereocenters. The van der Waals surface area contributed by atoms with Gasteiger partial charge in [0.1, 0.15) is 0 Å². The second-order valence-corrected chi connectivity index (χ2v) is 6.60. The number of aromatic hydroxyl groups is 1. The molecule has 0 saturated heterocycles. The summed E-state index contributed by atoms with van der Waals surface area (Å²) in [6, 6.07) is 12.4. The third-order valence-electron chi connectivity index (χ3n) is 4.87. The van der Waals surface area contributed by atoms with Crippen molar-refractivity contribution in [2.24, 2.45) is 0 Å². The molecular weight excluding hydrogens is 340 g/mol. The normalized spacial score (nSPS) is 15.2. The first-order valence-electron chi connectivity index (χ1n) is 9.43. The van der Waals surface area contributed by atoms with Gasteiger partial charge >= 0.3 is 0 Å². The summed E-state index contributed by atoms with van der Waals surface area (Å²) in [6.07, 6.45) is 1.81. The lowest BCUT2D eigenvalue weighted by Gasteiger charge is -2.28. The zero-order chi connectivity index (χ0) is 19.8. The van der Waals surface area contributed by atoms with Crippen molar-refractivity contribution in [1.29, 1.82) is 0 Å². The van der Waals surface area contributed by atoms with Gasteiger partial charge in [0.2, 0.25) is 6.41 Å². The maximum atomic E-state index is 10.0. The molecular formula is C22H30N2O3. The summed E-state index contributed by atoms with van der Waals surface area (Å²) < 4.78 is 5.20. The Labute approximate surface area is 162 Å². The Morgan fingerprint density at radius 3 is 2.41 bits per heavy atom. The highest BCUT2D eigenvalue weighted by atomic mass is 16.5. The van der Waals surface area contributed by atoms with Crippen molar-refractivity contribution in [3.05, 3.63) is 58.7 Å². The number of hydrogen-bond donors (Lipinski definition) is 2. The van der Waals surface area contributed by atoms with Crippen LogP contribution in [0.25, 0.3) is 0 Å². The van der Waals surface area contributed by atoms with Crippen LogP contribution in [-0.4, -0.2) is 43.2 Å². The molecule has 0 fully saturated rings. The van der Waals surface area contributed by atoms with E-state index in [9.17, 15) is 9.90 Å². The van der Waals surface area contributed by atoms with Gasteiger partial charge in [0, 0.05) is 19.6 Å².